The molecule has 9 nitrogen and oxygen atoms in total. The van der Waals surface area contributed by atoms with Gasteiger partial charge in [-0.05, 0) is 55.8 Å². The van der Waals surface area contributed by atoms with Crippen LogP contribution in [0.1, 0.15) is 37.7 Å². The van der Waals surface area contributed by atoms with Gasteiger partial charge >= 0.3 is 6.01 Å². The maximum Gasteiger partial charge on any atom is 0.319 e. The van der Waals surface area contributed by atoms with Gasteiger partial charge in [-0.1, -0.05) is 23.6 Å². The van der Waals surface area contributed by atoms with Gasteiger partial charge in [0.15, 0.2) is 11.3 Å². The van der Waals surface area contributed by atoms with Crippen molar-refractivity contribution in [3.8, 4) is 35.4 Å². The van der Waals surface area contributed by atoms with Gasteiger partial charge in [0, 0.05) is 49.1 Å². The van der Waals surface area contributed by atoms with E-state index in [9.17, 15) is 13.9 Å². The van der Waals surface area contributed by atoms with E-state index < -0.39 is 12.0 Å². The van der Waals surface area contributed by atoms with E-state index in [1.54, 1.807) is 6.07 Å². The third-order valence-electron chi connectivity index (χ3n) is 9.71. The second-order valence-corrected chi connectivity index (χ2v) is 12.8. The number of alkyl halides is 1. The van der Waals surface area contributed by atoms with Crippen LogP contribution in [0.4, 0.5) is 14.6 Å². The van der Waals surface area contributed by atoms with E-state index in [-0.39, 0.29) is 40.2 Å². The molecule has 226 valence electrons. The lowest BCUT2D eigenvalue weighted by Crippen LogP contribution is -2.51. The van der Waals surface area contributed by atoms with Gasteiger partial charge in [0.1, 0.15) is 35.6 Å². The number of fused-ring (bicyclic) bond motifs is 5. The number of nitrogens with one attached hydrogen (secondary N) is 1. The molecule has 2 aromatic heterocycles. The van der Waals surface area contributed by atoms with Gasteiger partial charge in [0.2, 0.25) is 0 Å². The van der Waals surface area contributed by atoms with E-state index >= 15 is 0 Å². The van der Waals surface area contributed by atoms with Crippen LogP contribution < -0.4 is 15.0 Å². The van der Waals surface area contributed by atoms with Crippen LogP contribution in [-0.2, 0) is 0 Å². The highest BCUT2D eigenvalue weighted by Gasteiger charge is 2.49. The maximum absolute atomic E-state index is 14.8. The molecule has 2 N–H and O–H groups in total. The first-order valence-corrected chi connectivity index (χ1v) is 15.4. The molecule has 8 rings (SSSR count). The van der Waals surface area contributed by atoms with Crippen LogP contribution >= 0.6 is 11.6 Å². The van der Waals surface area contributed by atoms with Crippen molar-refractivity contribution in [3.63, 3.8) is 0 Å². The van der Waals surface area contributed by atoms with Crippen LogP contribution in [-0.4, -0.2) is 86.8 Å². The summed E-state index contributed by atoms with van der Waals surface area (Å²) in [6.07, 6.45) is 9.24. The zero-order valence-corrected chi connectivity index (χ0v) is 24.6. The number of phenolic OH excluding ortho intramolecular Hbond substituents is 1. The molecule has 4 atom stereocenters. The Bertz CT molecular complexity index is 1860. The lowest BCUT2D eigenvalue weighted by Gasteiger charge is -2.34. The molecule has 4 aliphatic heterocycles. The fraction of sp³-hybridized carbons (Fsp3) is 0.438. The summed E-state index contributed by atoms with van der Waals surface area (Å²) >= 11 is 7.09. The van der Waals surface area contributed by atoms with E-state index in [0.717, 1.165) is 45.3 Å². The first-order valence-electron chi connectivity index (χ1n) is 15.0. The molecule has 4 aromatic rings. The molecule has 0 spiro atoms. The highest BCUT2D eigenvalue weighted by molar-refractivity contribution is 6.38. The third-order valence-corrected chi connectivity index (χ3v) is 10.1. The van der Waals surface area contributed by atoms with Crippen LogP contribution in [0.2, 0.25) is 5.02 Å². The molecule has 12 heteroatoms. The van der Waals surface area contributed by atoms with Gasteiger partial charge in [0.25, 0.3) is 0 Å². The normalized spacial score (nSPS) is 26.4. The van der Waals surface area contributed by atoms with E-state index in [2.05, 4.69) is 31.2 Å². The number of ether oxygens (including phenoxy) is 1. The van der Waals surface area contributed by atoms with E-state index in [1.807, 2.05) is 0 Å². The van der Waals surface area contributed by atoms with Gasteiger partial charge in [-0.15, -0.1) is 16.6 Å². The van der Waals surface area contributed by atoms with Crippen molar-refractivity contribution in [1.29, 1.82) is 0 Å². The minimum Gasteiger partial charge on any atom is -0.508 e. The monoisotopic (exact) mass is 617 g/mol. The Morgan fingerprint density at radius 3 is 2.75 bits per heavy atom. The number of piperazine rings is 1. The first kappa shape index (κ1) is 27.7. The van der Waals surface area contributed by atoms with E-state index in [1.165, 1.54) is 18.2 Å². The SMILES string of the molecule is C#Cc1c(F)ccc2cc(O)cc(-c3nnc4c(N5CC6CCC(C5)N6)nc(OC[C@@]56CCCN5C[C@H](F)C6)nc4c3Cl)c12. The molecule has 4 saturated heterocycles. The largest absolute Gasteiger partial charge is 0.508 e. The summed E-state index contributed by atoms with van der Waals surface area (Å²) in [7, 11) is 0. The van der Waals surface area contributed by atoms with Crippen molar-refractivity contribution in [1.82, 2.24) is 30.4 Å². The number of phenols is 1. The summed E-state index contributed by atoms with van der Waals surface area (Å²) in [6, 6.07) is 6.53. The molecule has 44 heavy (non-hydrogen) atoms. The van der Waals surface area contributed by atoms with Crippen LogP contribution in [0.3, 0.4) is 0 Å². The Morgan fingerprint density at radius 2 is 1.95 bits per heavy atom. The second-order valence-electron chi connectivity index (χ2n) is 12.5. The average Bonchev–Trinajstić information content (AvgIpc) is 3.66. The van der Waals surface area contributed by atoms with Crippen LogP contribution in [0.5, 0.6) is 11.8 Å². The summed E-state index contributed by atoms with van der Waals surface area (Å²) in [5.74, 6) is 2.35. The molecule has 2 aromatic carbocycles. The molecule has 2 bridgehead atoms. The maximum atomic E-state index is 14.8. The quantitative estimate of drug-likeness (QED) is 0.311. The first-order chi connectivity index (χ1) is 21.3. The minimum atomic E-state index is -0.884. The van der Waals surface area contributed by atoms with Crippen LogP contribution in [0.15, 0.2) is 24.3 Å². The molecule has 0 saturated carbocycles. The zero-order chi connectivity index (χ0) is 30.2. The summed E-state index contributed by atoms with van der Waals surface area (Å²) in [4.78, 5) is 13.9. The molecular weight excluding hydrogens is 588 g/mol. The lowest BCUT2D eigenvalue weighted by molar-refractivity contribution is 0.107. The highest BCUT2D eigenvalue weighted by Crippen LogP contribution is 2.43. The van der Waals surface area contributed by atoms with Gasteiger partial charge in [-0.3, -0.25) is 4.90 Å². The Labute approximate surface area is 257 Å². The number of halogens is 3. The second kappa shape index (κ2) is 10.4. The van der Waals surface area contributed by atoms with Crippen molar-refractivity contribution < 1.29 is 18.6 Å². The van der Waals surface area contributed by atoms with Crippen molar-refractivity contribution in [2.75, 3.05) is 37.7 Å². The Hall–Kier alpha value is -3.85. The molecule has 4 aliphatic rings. The summed E-state index contributed by atoms with van der Waals surface area (Å²) in [6.45, 7) is 2.98. The number of hydrogen-bond donors (Lipinski definition) is 2. The number of hydrogen-bond acceptors (Lipinski definition) is 9. The lowest BCUT2D eigenvalue weighted by atomic mass is 9.95. The Kier molecular flexibility index (Phi) is 6.52. The summed E-state index contributed by atoms with van der Waals surface area (Å²) in [5.41, 5.74) is 0.888. The Morgan fingerprint density at radius 1 is 1.14 bits per heavy atom. The molecule has 4 fully saturated rings. The smallest absolute Gasteiger partial charge is 0.319 e. The highest BCUT2D eigenvalue weighted by atomic mass is 35.5. The molecular formula is C32H30ClF2N7O2. The number of terminal acetylenes is 1. The number of nitrogens with zero attached hydrogens (tertiary/aromatic N) is 6. The predicted molar refractivity (Wildman–Crippen MR) is 163 cm³/mol. The van der Waals surface area contributed by atoms with E-state index in [4.69, 9.17) is 32.7 Å². The minimum absolute atomic E-state index is 0.0299. The zero-order valence-electron chi connectivity index (χ0n) is 23.9. The van der Waals surface area contributed by atoms with Crippen LogP contribution in [0, 0.1) is 18.2 Å². The third kappa shape index (κ3) is 4.42. The van der Waals surface area contributed by atoms with Gasteiger partial charge in [-0.2, -0.15) is 9.97 Å². The molecule has 6 heterocycles. The number of rotatable bonds is 5. The molecule has 0 aliphatic carbocycles. The predicted octanol–water partition coefficient (Wildman–Crippen LogP) is 4.62. The summed E-state index contributed by atoms with van der Waals surface area (Å²) in [5, 5.41) is 24.3. The van der Waals surface area contributed by atoms with Crippen molar-refractivity contribution >= 4 is 39.2 Å². The van der Waals surface area contributed by atoms with Gasteiger partial charge < -0.3 is 20.1 Å². The number of aromatic nitrogens is 4. The standard InChI is InChI=1S/C32H30ClF2N7O2/c1-2-22-24(35)7-4-17-10-21(43)11-23(25(17)22)27-26(33)28-29(40-39-27)30(41-14-19-5-6-20(15-41)36-19)38-31(37-28)44-16-32-8-3-9-42(32)13-18(34)12-32/h1,4,7,10-11,18-20,36,43H,3,5-6,8-9,12-16H2/t18-,19?,20?,32+/m1/s1. The van der Waals surface area contributed by atoms with Crippen molar-refractivity contribution in [2.24, 2.45) is 0 Å². The average molecular weight is 618 g/mol. The Balaban J connectivity index is 1.28. The topological polar surface area (TPSA) is 99.5 Å². The fourth-order valence-electron chi connectivity index (χ4n) is 7.75. The molecule has 0 amide bonds. The fourth-order valence-corrected chi connectivity index (χ4v) is 8.02. The van der Waals surface area contributed by atoms with Crippen molar-refractivity contribution in [2.45, 2.75) is 55.9 Å². The number of aromatic hydroxyl groups is 1. The number of benzene rings is 2. The van der Waals surface area contributed by atoms with E-state index in [0.29, 0.717) is 58.2 Å². The van der Waals surface area contributed by atoms with Crippen molar-refractivity contribution in [3.05, 3.63) is 40.7 Å². The number of anilines is 1. The van der Waals surface area contributed by atoms with Gasteiger partial charge in [-0.25, -0.2) is 8.78 Å². The van der Waals surface area contributed by atoms with Gasteiger partial charge in [0.05, 0.1) is 16.1 Å². The molecule has 0 radical (unpaired) electrons. The summed E-state index contributed by atoms with van der Waals surface area (Å²) < 4.78 is 35.6. The van der Waals surface area contributed by atoms with Crippen LogP contribution in [0.25, 0.3) is 33.1 Å². The molecule has 2 unspecified atom stereocenters.